The van der Waals surface area contributed by atoms with Crippen LogP contribution in [0.3, 0.4) is 0 Å². The minimum Gasteiger partial charge on any atom is -0.480 e. The topological polar surface area (TPSA) is 72.9 Å². The molecule has 0 aromatic rings. The number of carboxylic acids is 1. The highest BCUT2D eigenvalue weighted by Crippen LogP contribution is 2.29. The minimum absolute atomic E-state index is 0. The molecule has 7 heteroatoms. The molecule has 1 aliphatic heterocycles. The van der Waals surface area contributed by atoms with Gasteiger partial charge in [0, 0.05) is 25.2 Å². The SMILES string of the molecule is CC1CCCC(NC(=O)C(C)N2CCC(N(C)CC(=O)O)CC2)C1C.Cl. The van der Waals surface area contributed by atoms with Gasteiger partial charge in [0.2, 0.25) is 5.91 Å². The Morgan fingerprint density at radius 2 is 1.81 bits per heavy atom. The van der Waals surface area contributed by atoms with E-state index in [2.05, 4.69) is 24.1 Å². The van der Waals surface area contributed by atoms with E-state index in [-0.39, 0.29) is 30.9 Å². The maximum Gasteiger partial charge on any atom is 0.317 e. The van der Waals surface area contributed by atoms with Crippen molar-refractivity contribution in [2.45, 2.75) is 71.0 Å². The van der Waals surface area contributed by atoms with Gasteiger partial charge in [0.15, 0.2) is 0 Å². The third kappa shape index (κ3) is 6.10. The standard InChI is InChI=1S/C19H35N3O3.ClH/c1-13-6-5-7-17(14(13)2)20-19(25)15(3)22-10-8-16(9-11-22)21(4)12-18(23)24;/h13-17H,5-12H2,1-4H3,(H,20,25)(H,23,24);1H. The zero-order valence-corrected chi connectivity index (χ0v) is 17.4. The molecule has 1 saturated heterocycles. The first kappa shape index (κ1) is 23.2. The molecule has 6 nitrogen and oxygen atoms in total. The molecule has 0 aromatic heterocycles. The summed E-state index contributed by atoms with van der Waals surface area (Å²) in [5.41, 5.74) is 0. The van der Waals surface area contributed by atoms with Gasteiger partial charge >= 0.3 is 5.97 Å². The third-order valence-corrected chi connectivity index (χ3v) is 6.47. The number of likely N-dealkylation sites (N-methyl/N-ethyl adjacent to an activating group) is 1. The number of piperidine rings is 1. The van der Waals surface area contributed by atoms with Crippen molar-refractivity contribution in [3.05, 3.63) is 0 Å². The number of rotatable bonds is 6. The van der Waals surface area contributed by atoms with Crippen molar-refractivity contribution in [3.63, 3.8) is 0 Å². The zero-order chi connectivity index (χ0) is 18.6. The molecule has 0 bridgehead atoms. The quantitative estimate of drug-likeness (QED) is 0.728. The lowest BCUT2D eigenvalue weighted by atomic mass is 9.78. The highest BCUT2D eigenvalue weighted by atomic mass is 35.5. The Labute approximate surface area is 164 Å². The molecule has 4 unspecified atom stereocenters. The molecule has 26 heavy (non-hydrogen) atoms. The molecule has 152 valence electrons. The van der Waals surface area contributed by atoms with Crippen LogP contribution in [0.15, 0.2) is 0 Å². The Kier molecular flexibility index (Phi) is 9.34. The van der Waals surface area contributed by atoms with Crippen LogP contribution in [0.4, 0.5) is 0 Å². The fraction of sp³-hybridized carbons (Fsp3) is 0.895. The summed E-state index contributed by atoms with van der Waals surface area (Å²) in [4.78, 5) is 27.7. The van der Waals surface area contributed by atoms with E-state index in [1.807, 2.05) is 18.9 Å². The molecule has 0 aromatic carbocycles. The molecule has 2 N–H and O–H groups in total. The van der Waals surface area contributed by atoms with Crippen LogP contribution in [0, 0.1) is 11.8 Å². The number of carbonyl (C=O) groups excluding carboxylic acids is 1. The van der Waals surface area contributed by atoms with Crippen molar-refractivity contribution < 1.29 is 14.7 Å². The van der Waals surface area contributed by atoms with Crippen LogP contribution in [0.2, 0.25) is 0 Å². The van der Waals surface area contributed by atoms with E-state index in [0.717, 1.165) is 32.4 Å². The summed E-state index contributed by atoms with van der Waals surface area (Å²) in [6.07, 6.45) is 5.38. The van der Waals surface area contributed by atoms with E-state index < -0.39 is 5.97 Å². The Bertz CT molecular complexity index is 469. The van der Waals surface area contributed by atoms with Gasteiger partial charge in [0.05, 0.1) is 12.6 Å². The van der Waals surface area contributed by atoms with E-state index in [1.54, 1.807) is 0 Å². The van der Waals surface area contributed by atoms with Gasteiger partial charge in [-0.25, -0.2) is 0 Å². The van der Waals surface area contributed by atoms with Crippen LogP contribution in [0.25, 0.3) is 0 Å². The largest absolute Gasteiger partial charge is 0.480 e. The lowest BCUT2D eigenvalue weighted by Crippen LogP contribution is -2.54. The summed E-state index contributed by atoms with van der Waals surface area (Å²) >= 11 is 0. The second-order valence-corrected chi connectivity index (χ2v) is 8.13. The van der Waals surface area contributed by atoms with E-state index in [1.165, 1.54) is 12.8 Å². The summed E-state index contributed by atoms with van der Waals surface area (Å²) in [7, 11) is 1.87. The molecule has 1 aliphatic carbocycles. The molecule has 1 amide bonds. The summed E-state index contributed by atoms with van der Waals surface area (Å²) in [6, 6.07) is 0.481. The molecule has 1 heterocycles. The van der Waals surface area contributed by atoms with Gasteiger partial charge in [-0.15, -0.1) is 12.4 Å². The summed E-state index contributed by atoms with van der Waals surface area (Å²) in [5, 5.41) is 12.2. The molecule has 1 saturated carbocycles. The maximum atomic E-state index is 12.7. The average Bonchev–Trinajstić information content (AvgIpc) is 2.57. The fourth-order valence-corrected chi connectivity index (χ4v) is 4.31. The molecule has 2 fully saturated rings. The van der Waals surface area contributed by atoms with Gasteiger partial charge < -0.3 is 10.4 Å². The van der Waals surface area contributed by atoms with Crippen LogP contribution in [0.5, 0.6) is 0 Å². The molecule has 4 atom stereocenters. The number of hydrogen-bond acceptors (Lipinski definition) is 4. The first-order chi connectivity index (χ1) is 11.8. The third-order valence-electron chi connectivity index (χ3n) is 6.47. The van der Waals surface area contributed by atoms with E-state index >= 15 is 0 Å². The minimum atomic E-state index is -0.784. The van der Waals surface area contributed by atoms with Crippen LogP contribution >= 0.6 is 12.4 Å². The number of hydrogen-bond donors (Lipinski definition) is 2. The monoisotopic (exact) mass is 389 g/mol. The van der Waals surface area contributed by atoms with Crippen molar-refractivity contribution in [3.8, 4) is 0 Å². The highest BCUT2D eigenvalue weighted by molar-refractivity contribution is 5.85. The molecule has 2 aliphatic rings. The average molecular weight is 390 g/mol. The van der Waals surface area contributed by atoms with Crippen molar-refractivity contribution in [1.29, 1.82) is 0 Å². The second kappa shape index (κ2) is 10.5. The van der Waals surface area contributed by atoms with Crippen molar-refractivity contribution >= 4 is 24.3 Å². The smallest absolute Gasteiger partial charge is 0.317 e. The zero-order valence-electron chi connectivity index (χ0n) is 16.6. The molecular formula is C19H36ClN3O3. The number of amides is 1. The molecular weight excluding hydrogens is 354 g/mol. The van der Waals surface area contributed by atoms with Crippen LogP contribution in [0.1, 0.15) is 52.9 Å². The Hall–Kier alpha value is -0.850. The number of aliphatic carboxylic acids is 1. The lowest BCUT2D eigenvalue weighted by Gasteiger charge is -2.40. The number of nitrogens with zero attached hydrogens (tertiary/aromatic N) is 2. The summed E-state index contributed by atoms with van der Waals surface area (Å²) < 4.78 is 0. The van der Waals surface area contributed by atoms with E-state index in [4.69, 9.17) is 5.11 Å². The number of likely N-dealkylation sites (tertiary alicyclic amines) is 1. The van der Waals surface area contributed by atoms with Crippen molar-refractivity contribution in [2.24, 2.45) is 11.8 Å². The summed E-state index contributed by atoms with van der Waals surface area (Å²) in [5.74, 6) is 0.576. The van der Waals surface area contributed by atoms with Crippen molar-refractivity contribution in [1.82, 2.24) is 15.1 Å². The van der Waals surface area contributed by atoms with Gasteiger partial charge in [-0.3, -0.25) is 19.4 Å². The molecule has 0 spiro atoms. The van der Waals surface area contributed by atoms with Gasteiger partial charge in [-0.05, 0) is 45.1 Å². The predicted octanol–water partition coefficient (Wildman–Crippen LogP) is 2.22. The summed E-state index contributed by atoms with van der Waals surface area (Å²) in [6.45, 7) is 8.31. The second-order valence-electron chi connectivity index (χ2n) is 8.13. The molecule has 2 rings (SSSR count). The first-order valence-corrected chi connectivity index (χ1v) is 9.76. The fourth-order valence-electron chi connectivity index (χ4n) is 4.31. The van der Waals surface area contributed by atoms with Crippen LogP contribution in [-0.2, 0) is 9.59 Å². The lowest BCUT2D eigenvalue weighted by molar-refractivity contribution is -0.138. The number of nitrogens with one attached hydrogen (secondary N) is 1. The maximum absolute atomic E-state index is 12.7. The van der Waals surface area contributed by atoms with E-state index in [9.17, 15) is 9.59 Å². The number of halogens is 1. The van der Waals surface area contributed by atoms with Gasteiger partial charge in [0.25, 0.3) is 0 Å². The highest BCUT2D eigenvalue weighted by Gasteiger charge is 2.32. The Balaban J connectivity index is 0.00000338. The van der Waals surface area contributed by atoms with Gasteiger partial charge in [-0.2, -0.15) is 0 Å². The first-order valence-electron chi connectivity index (χ1n) is 9.76. The van der Waals surface area contributed by atoms with E-state index in [0.29, 0.717) is 23.9 Å². The predicted molar refractivity (Wildman–Crippen MR) is 106 cm³/mol. The molecule has 0 radical (unpaired) electrons. The van der Waals surface area contributed by atoms with Crippen molar-refractivity contribution in [2.75, 3.05) is 26.7 Å². The Morgan fingerprint density at radius 1 is 1.19 bits per heavy atom. The normalized spacial score (nSPS) is 29.0. The van der Waals surface area contributed by atoms with Gasteiger partial charge in [0.1, 0.15) is 0 Å². The van der Waals surface area contributed by atoms with Gasteiger partial charge in [-0.1, -0.05) is 26.7 Å². The van der Waals surface area contributed by atoms with Crippen LogP contribution < -0.4 is 5.32 Å². The number of carbonyl (C=O) groups is 2. The Morgan fingerprint density at radius 3 is 2.38 bits per heavy atom. The number of carboxylic acid groups (broad SMARTS) is 1. The van der Waals surface area contributed by atoms with Crippen LogP contribution in [-0.4, -0.2) is 71.6 Å².